The standard InChI is InChI=1S/C14H16O3S/c1-10(15)14(11(2)16)18-9-5-7-12-6-3-4-8-13(12)17/h3-8,15,17H,9H2,1-2H3/b7-5+,14-10-. The lowest BCUT2D eigenvalue weighted by molar-refractivity contribution is -0.113. The molecular formula is C14H16O3S. The molecule has 1 rings (SSSR count). The highest BCUT2D eigenvalue weighted by atomic mass is 32.2. The highest BCUT2D eigenvalue weighted by Crippen LogP contribution is 2.21. The van der Waals surface area contributed by atoms with E-state index in [1.54, 1.807) is 24.3 Å². The molecule has 0 atom stereocenters. The molecule has 0 amide bonds. The van der Waals surface area contributed by atoms with Crippen LogP contribution in [0.4, 0.5) is 0 Å². The van der Waals surface area contributed by atoms with E-state index in [1.165, 1.54) is 25.6 Å². The van der Waals surface area contributed by atoms with Gasteiger partial charge in [0, 0.05) is 11.3 Å². The number of phenolic OH excluding ortho intramolecular Hbond substituents is 1. The van der Waals surface area contributed by atoms with Gasteiger partial charge in [-0.25, -0.2) is 0 Å². The SMILES string of the molecule is CC(=O)/C(SC/C=C/c1ccccc1O)=C(\C)O. The molecule has 0 saturated carbocycles. The Morgan fingerprint density at radius 3 is 2.56 bits per heavy atom. The quantitative estimate of drug-likeness (QED) is 0.631. The minimum absolute atomic E-state index is 0.0449. The highest BCUT2D eigenvalue weighted by molar-refractivity contribution is 8.04. The van der Waals surface area contributed by atoms with Crippen LogP contribution in [0.3, 0.4) is 0 Å². The largest absolute Gasteiger partial charge is 0.511 e. The molecule has 0 aromatic heterocycles. The van der Waals surface area contributed by atoms with Gasteiger partial charge in [0.05, 0.1) is 4.91 Å². The number of aliphatic hydroxyl groups is 1. The fourth-order valence-electron chi connectivity index (χ4n) is 1.40. The van der Waals surface area contributed by atoms with Gasteiger partial charge < -0.3 is 10.2 Å². The van der Waals surface area contributed by atoms with E-state index in [0.717, 1.165) is 5.56 Å². The number of hydrogen-bond donors (Lipinski definition) is 2. The first-order valence-corrected chi connectivity index (χ1v) is 6.49. The first-order chi connectivity index (χ1) is 8.52. The summed E-state index contributed by atoms with van der Waals surface area (Å²) in [6, 6.07) is 7.01. The van der Waals surface area contributed by atoms with E-state index in [1.807, 2.05) is 12.1 Å². The second-order valence-corrected chi connectivity index (χ2v) is 4.77. The first kappa shape index (κ1) is 14.4. The summed E-state index contributed by atoms with van der Waals surface area (Å²) in [7, 11) is 0. The van der Waals surface area contributed by atoms with E-state index >= 15 is 0 Å². The summed E-state index contributed by atoms with van der Waals surface area (Å²) >= 11 is 1.27. The molecule has 0 heterocycles. The second-order valence-electron chi connectivity index (χ2n) is 3.74. The molecule has 0 fully saturated rings. The van der Waals surface area contributed by atoms with E-state index in [4.69, 9.17) is 0 Å². The van der Waals surface area contributed by atoms with Crippen LogP contribution in [0.15, 0.2) is 41.0 Å². The molecule has 0 radical (unpaired) electrons. The third kappa shape index (κ3) is 4.30. The minimum atomic E-state index is -0.143. The molecule has 96 valence electrons. The molecule has 0 aliphatic heterocycles. The molecule has 3 nitrogen and oxygen atoms in total. The summed E-state index contributed by atoms with van der Waals surface area (Å²) in [5.74, 6) is 0.681. The predicted molar refractivity (Wildman–Crippen MR) is 75.6 cm³/mol. The smallest absolute Gasteiger partial charge is 0.169 e. The van der Waals surface area contributed by atoms with Gasteiger partial charge >= 0.3 is 0 Å². The van der Waals surface area contributed by atoms with E-state index in [2.05, 4.69) is 0 Å². The van der Waals surface area contributed by atoms with Gasteiger partial charge in [0.25, 0.3) is 0 Å². The van der Waals surface area contributed by atoms with Crippen LogP contribution >= 0.6 is 11.8 Å². The lowest BCUT2D eigenvalue weighted by atomic mass is 10.2. The number of carbonyl (C=O) groups is 1. The monoisotopic (exact) mass is 264 g/mol. The molecule has 1 aromatic carbocycles. The molecule has 1 aromatic rings. The number of carbonyl (C=O) groups excluding carboxylic acids is 1. The summed E-state index contributed by atoms with van der Waals surface area (Å²) in [5, 5.41) is 18.9. The third-order valence-corrected chi connectivity index (χ3v) is 3.44. The maximum absolute atomic E-state index is 11.2. The number of phenols is 1. The number of ketones is 1. The lowest BCUT2D eigenvalue weighted by Gasteiger charge is -2.02. The van der Waals surface area contributed by atoms with Gasteiger partial charge in [0.1, 0.15) is 11.5 Å². The van der Waals surface area contributed by atoms with Crippen LogP contribution in [-0.4, -0.2) is 21.7 Å². The van der Waals surface area contributed by atoms with Gasteiger partial charge in [0.2, 0.25) is 0 Å². The summed E-state index contributed by atoms with van der Waals surface area (Å²) in [6.45, 7) is 2.92. The van der Waals surface area contributed by atoms with E-state index in [0.29, 0.717) is 10.7 Å². The Labute approximate surface area is 111 Å². The van der Waals surface area contributed by atoms with Crippen molar-refractivity contribution in [2.24, 2.45) is 0 Å². The Hall–Kier alpha value is -1.68. The lowest BCUT2D eigenvalue weighted by Crippen LogP contribution is -1.96. The highest BCUT2D eigenvalue weighted by Gasteiger charge is 2.07. The molecule has 0 aliphatic carbocycles. The number of para-hydroxylation sites is 1. The van der Waals surface area contributed by atoms with Gasteiger partial charge in [0.15, 0.2) is 5.78 Å². The Morgan fingerprint density at radius 2 is 2.00 bits per heavy atom. The number of benzene rings is 1. The van der Waals surface area contributed by atoms with Crippen molar-refractivity contribution >= 4 is 23.6 Å². The molecule has 2 N–H and O–H groups in total. The minimum Gasteiger partial charge on any atom is -0.511 e. The Balaban J connectivity index is 2.60. The van der Waals surface area contributed by atoms with Crippen LogP contribution in [0.2, 0.25) is 0 Å². The normalized spacial score (nSPS) is 12.6. The Kier molecular flexibility index (Phi) is 5.52. The number of allylic oxidation sites excluding steroid dienone is 2. The zero-order chi connectivity index (χ0) is 13.5. The van der Waals surface area contributed by atoms with Crippen LogP contribution in [0.5, 0.6) is 5.75 Å². The number of Topliss-reactive ketones (excluding diaryl/α,β-unsaturated/α-hetero) is 1. The second kappa shape index (κ2) is 6.91. The van der Waals surface area contributed by atoms with Crippen molar-refractivity contribution in [2.75, 3.05) is 5.75 Å². The van der Waals surface area contributed by atoms with E-state index < -0.39 is 0 Å². The number of thioether (sulfide) groups is 1. The zero-order valence-corrected chi connectivity index (χ0v) is 11.2. The van der Waals surface area contributed by atoms with Crippen LogP contribution in [0, 0.1) is 0 Å². The number of hydrogen-bond acceptors (Lipinski definition) is 4. The predicted octanol–water partition coefficient (Wildman–Crippen LogP) is 3.52. The van der Waals surface area contributed by atoms with Crippen molar-refractivity contribution in [2.45, 2.75) is 13.8 Å². The van der Waals surface area contributed by atoms with Crippen molar-refractivity contribution in [3.05, 3.63) is 46.6 Å². The summed E-state index contributed by atoms with van der Waals surface area (Å²) in [4.78, 5) is 11.6. The average Bonchev–Trinajstić information content (AvgIpc) is 2.30. The van der Waals surface area contributed by atoms with Gasteiger partial charge in [-0.3, -0.25) is 4.79 Å². The van der Waals surface area contributed by atoms with Crippen molar-refractivity contribution in [1.29, 1.82) is 0 Å². The molecule has 0 unspecified atom stereocenters. The van der Waals surface area contributed by atoms with E-state index in [-0.39, 0.29) is 17.3 Å². The summed E-state index contributed by atoms with van der Waals surface area (Å²) in [6.07, 6.45) is 3.62. The van der Waals surface area contributed by atoms with Gasteiger partial charge in [-0.05, 0) is 19.9 Å². The summed E-state index contributed by atoms with van der Waals surface area (Å²) < 4.78 is 0. The molecule has 0 saturated heterocycles. The third-order valence-electron chi connectivity index (χ3n) is 2.21. The molecule has 0 bridgehead atoms. The maximum Gasteiger partial charge on any atom is 0.169 e. The van der Waals surface area contributed by atoms with Gasteiger partial charge in [-0.2, -0.15) is 0 Å². The van der Waals surface area contributed by atoms with Crippen molar-refractivity contribution in [3.63, 3.8) is 0 Å². The van der Waals surface area contributed by atoms with Gasteiger partial charge in [-0.1, -0.05) is 30.4 Å². The number of aliphatic hydroxyl groups excluding tert-OH is 1. The first-order valence-electron chi connectivity index (χ1n) is 5.50. The number of aromatic hydroxyl groups is 1. The molecule has 0 aliphatic rings. The average molecular weight is 264 g/mol. The van der Waals surface area contributed by atoms with Crippen LogP contribution < -0.4 is 0 Å². The van der Waals surface area contributed by atoms with E-state index in [9.17, 15) is 15.0 Å². The van der Waals surface area contributed by atoms with Crippen molar-refractivity contribution in [1.82, 2.24) is 0 Å². The fraction of sp³-hybridized carbons (Fsp3) is 0.214. The maximum atomic E-state index is 11.2. The molecule has 18 heavy (non-hydrogen) atoms. The van der Waals surface area contributed by atoms with Gasteiger partial charge in [-0.15, -0.1) is 11.8 Å². The zero-order valence-electron chi connectivity index (χ0n) is 10.4. The van der Waals surface area contributed by atoms with Crippen LogP contribution in [0.1, 0.15) is 19.4 Å². The topological polar surface area (TPSA) is 57.5 Å². The molecular weight excluding hydrogens is 248 g/mol. The summed E-state index contributed by atoms with van der Waals surface area (Å²) in [5.41, 5.74) is 0.729. The fourth-order valence-corrected chi connectivity index (χ4v) is 2.17. The Bertz CT molecular complexity index is 486. The van der Waals surface area contributed by atoms with Crippen molar-refractivity contribution < 1.29 is 15.0 Å². The molecule has 4 heteroatoms. The van der Waals surface area contributed by atoms with Crippen LogP contribution in [-0.2, 0) is 4.79 Å². The van der Waals surface area contributed by atoms with Crippen molar-refractivity contribution in [3.8, 4) is 5.75 Å². The number of rotatable bonds is 5. The van der Waals surface area contributed by atoms with Crippen LogP contribution in [0.25, 0.3) is 6.08 Å². The Morgan fingerprint density at radius 1 is 1.33 bits per heavy atom. The molecule has 0 spiro atoms.